The van der Waals surface area contributed by atoms with Crippen LogP contribution < -0.4 is 5.32 Å². The van der Waals surface area contributed by atoms with Gasteiger partial charge in [0.1, 0.15) is 6.61 Å². The fraction of sp³-hybridized carbons (Fsp3) is 0.375. The van der Waals surface area contributed by atoms with Gasteiger partial charge in [-0.25, -0.2) is 9.59 Å². The van der Waals surface area contributed by atoms with E-state index in [9.17, 15) is 19.2 Å². The van der Waals surface area contributed by atoms with Crippen LogP contribution in [0.3, 0.4) is 0 Å². The van der Waals surface area contributed by atoms with Crippen molar-refractivity contribution in [2.24, 2.45) is 5.92 Å². The Morgan fingerprint density at radius 2 is 1.83 bits per heavy atom. The quantitative estimate of drug-likeness (QED) is 0.415. The molecule has 8 heteroatoms. The molecular weight excluding hydrogens is 318 g/mol. The monoisotopic (exact) mass is 337 g/mol. The lowest BCUT2D eigenvalue weighted by Crippen LogP contribution is -2.26. The van der Waals surface area contributed by atoms with E-state index in [-0.39, 0.29) is 18.4 Å². The molecule has 0 aromatic carbocycles. The molecule has 0 aliphatic carbocycles. The summed E-state index contributed by atoms with van der Waals surface area (Å²) in [6, 6.07) is 0. The van der Waals surface area contributed by atoms with Gasteiger partial charge in [-0.1, -0.05) is 20.4 Å². The number of carbonyl (C=O) groups excluding carboxylic acids is 4. The van der Waals surface area contributed by atoms with E-state index in [0.717, 1.165) is 12.2 Å². The second kappa shape index (κ2) is 9.29. The van der Waals surface area contributed by atoms with Crippen molar-refractivity contribution in [1.82, 2.24) is 5.32 Å². The maximum Gasteiger partial charge on any atom is 0.333 e. The first-order chi connectivity index (χ1) is 11.3. The highest BCUT2D eigenvalue weighted by Gasteiger charge is 2.13. The van der Waals surface area contributed by atoms with Gasteiger partial charge in [-0.05, 0) is 5.57 Å². The van der Waals surface area contributed by atoms with Gasteiger partial charge >= 0.3 is 17.9 Å². The van der Waals surface area contributed by atoms with Crippen LogP contribution in [0.4, 0.5) is 0 Å². The highest BCUT2D eigenvalue weighted by atomic mass is 16.7. The summed E-state index contributed by atoms with van der Waals surface area (Å²) in [6.45, 7) is 6.29. The predicted octanol–water partition coefficient (Wildman–Crippen LogP) is 0.746. The molecule has 0 saturated heterocycles. The second-order valence-corrected chi connectivity index (χ2v) is 5.21. The molecule has 0 fully saturated rings. The van der Waals surface area contributed by atoms with E-state index in [4.69, 9.17) is 4.74 Å². The number of esters is 3. The Balaban J connectivity index is 2.30. The third-order valence-electron chi connectivity index (χ3n) is 2.70. The first kappa shape index (κ1) is 19.1. The van der Waals surface area contributed by atoms with Crippen LogP contribution in [0.5, 0.6) is 0 Å². The molecule has 0 aromatic rings. The number of carbonyl (C=O) groups is 4. The zero-order valence-electron chi connectivity index (χ0n) is 13.5. The minimum Gasteiger partial charge on any atom is -0.458 e. The lowest BCUT2D eigenvalue weighted by Gasteiger charge is -2.15. The molecule has 0 spiro atoms. The van der Waals surface area contributed by atoms with E-state index in [0.29, 0.717) is 17.7 Å². The van der Waals surface area contributed by atoms with Crippen molar-refractivity contribution < 1.29 is 33.4 Å². The van der Waals surface area contributed by atoms with E-state index in [1.54, 1.807) is 13.8 Å². The smallest absolute Gasteiger partial charge is 0.333 e. The zero-order valence-corrected chi connectivity index (χ0v) is 13.5. The number of nitrogens with one attached hydrogen (secondary N) is 1. The van der Waals surface area contributed by atoms with Crippen molar-refractivity contribution in [3.8, 4) is 0 Å². The minimum atomic E-state index is -0.854. The number of ether oxygens (including phenoxy) is 3. The van der Waals surface area contributed by atoms with E-state index in [1.807, 2.05) is 0 Å². The molecule has 1 aliphatic rings. The molecule has 0 atom stereocenters. The van der Waals surface area contributed by atoms with Gasteiger partial charge in [-0.3, -0.25) is 9.59 Å². The summed E-state index contributed by atoms with van der Waals surface area (Å²) in [5, 5.41) is 2.51. The summed E-state index contributed by atoms with van der Waals surface area (Å²) >= 11 is 0. The van der Waals surface area contributed by atoms with Crippen LogP contribution >= 0.6 is 0 Å². The van der Waals surface area contributed by atoms with Crippen molar-refractivity contribution in [3.63, 3.8) is 0 Å². The number of allylic oxidation sites excluding steroid dienone is 1. The Labute approximate surface area is 139 Å². The molecule has 0 unspecified atom stereocenters. The van der Waals surface area contributed by atoms with Crippen molar-refractivity contribution in [3.05, 3.63) is 36.1 Å². The molecule has 1 N–H and O–H groups in total. The van der Waals surface area contributed by atoms with Crippen LogP contribution in [0.1, 0.15) is 20.3 Å². The molecule has 24 heavy (non-hydrogen) atoms. The van der Waals surface area contributed by atoms with Crippen molar-refractivity contribution in [1.29, 1.82) is 0 Å². The number of rotatable bonds is 7. The average Bonchev–Trinajstić information content (AvgIpc) is 2.49. The van der Waals surface area contributed by atoms with Gasteiger partial charge in [0, 0.05) is 30.3 Å². The lowest BCUT2D eigenvalue weighted by molar-refractivity contribution is -0.166. The molecule has 0 saturated carbocycles. The lowest BCUT2D eigenvalue weighted by atomic mass is 10.1. The molecule has 1 heterocycles. The van der Waals surface area contributed by atoms with Crippen LogP contribution in [-0.2, 0) is 33.4 Å². The summed E-state index contributed by atoms with van der Waals surface area (Å²) < 4.78 is 14.1. The third-order valence-corrected chi connectivity index (χ3v) is 2.70. The highest BCUT2D eigenvalue weighted by Crippen LogP contribution is 2.12. The summed E-state index contributed by atoms with van der Waals surface area (Å²) in [6.07, 6.45) is 3.45. The molecule has 1 rings (SSSR count). The number of amides is 1. The standard InChI is InChI=1S/C16H19NO7/c1-10(2)16(21)24-9-23-15(20)5-4-14(19)22-8-12-6-11(3)17-13(18)7-12/h4-5,7,10H,3,6,8-9H2,1-2H3,(H,17,18)/b5-4+. The minimum absolute atomic E-state index is 0.0866. The summed E-state index contributed by atoms with van der Waals surface area (Å²) in [4.78, 5) is 45.1. The number of hydrogen-bond donors (Lipinski definition) is 1. The van der Waals surface area contributed by atoms with Gasteiger partial charge in [0.25, 0.3) is 0 Å². The normalized spacial score (nSPS) is 14.2. The van der Waals surface area contributed by atoms with Crippen LogP contribution in [0.2, 0.25) is 0 Å². The molecule has 0 radical (unpaired) electrons. The Hall–Kier alpha value is -2.90. The molecule has 0 bridgehead atoms. The van der Waals surface area contributed by atoms with E-state index in [1.165, 1.54) is 6.08 Å². The van der Waals surface area contributed by atoms with Gasteiger partial charge in [0.2, 0.25) is 12.7 Å². The molecule has 1 amide bonds. The topological polar surface area (TPSA) is 108 Å². The van der Waals surface area contributed by atoms with Gasteiger partial charge < -0.3 is 19.5 Å². The Bertz CT molecular complexity index is 602. The summed E-state index contributed by atoms with van der Waals surface area (Å²) in [7, 11) is 0. The van der Waals surface area contributed by atoms with E-state index < -0.39 is 24.7 Å². The van der Waals surface area contributed by atoms with Crippen molar-refractivity contribution in [2.45, 2.75) is 20.3 Å². The van der Waals surface area contributed by atoms with Crippen LogP contribution in [-0.4, -0.2) is 37.2 Å². The van der Waals surface area contributed by atoms with Gasteiger partial charge in [0.15, 0.2) is 0 Å². The van der Waals surface area contributed by atoms with E-state index >= 15 is 0 Å². The highest BCUT2D eigenvalue weighted by molar-refractivity contribution is 5.92. The molecule has 130 valence electrons. The SMILES string of the molecule is C=C1CC(COC(=O)/C=C/C(=O)OCOC(=O)C(C)C)=CC(=O)N1. The van der Waals surface area contributed by atoms with Crippen LogP contribution in [0.25, 0.3) is 0 Å². The third kappa shape index (κ3) is 7.39. The van der Waals surface area contributed by atoms with Crippen LogP contribution in [0.15, 0.2) is 36.1 Å². The summed E-state index contributed by atoms with van der Waals surface area (Å²) in [5.41, 5.74) is 1.11. The van der Waals surface area contributed by atoms with Gasteiger partial charge in [-0.2, -0.15) is 0 Å². The van der Waals surface area contributed by atoms with E-state index in [2.05, 4.69) is 21.4 Å². The fourth-order valence-electron chi connectivity index (χ4n) is 1.57. The van der Waals surface area contributed by atoms with Gasteiger partial charge in [-0.15, -0.1) is 0 Å². The fourth-order valence-corrected chi connectivity index (χ4v) is 1.57. The van der Waals surface area contributed by atoms with Crippen molar-refractivity contribution in [2.75, 3.05) is 13.4 Å². The number of hydrogen-bond acceptors (Lipinski definition) is 7. The van der Waals surface area contributed by atoms with Crippen LogP contribution in [0, 0.1) is 5.92 Å². The Morgan fingerprint density at radius 1 is 1.21 bits per heavy atom. The molecule has 1 aliphatic heterocycles. The van der Waals surface area contributed by atoms with Crippen molar-refractivity contribution >= 4 is 23.8 Å². The molecule has 0 aromatic heterocycles. The maximum absolute atomic E-state index is 11.5. The first-order valence-corrected chi connectivity index (χ1v) is 7.14. The Morgan fingerprint density at radius 3 is 2.42 bits per heavy atom. The first-order valence-electron chi connectivity index (χ1n) is 7.14. The largest absolute Gasteiger partial charge is 0.458 e. The second-order valence-electron chi connectivity index (χ2n) is 5.21. The zero-order chi connectivity index (χ0) is 18.1. The van der Waals surface area contributed by atoms with Gasteiger partial charge in [0.05, 0.1) is 5.92 Å². The summed E-state index contributed by atoms with van der Waals surface area (Å²) in [5.74, 6) is -2.79. The molecular formula is C16H19NO7. The maximum atomic E-state index is 11.5. The predicted molar refractivity (Wildman–Crippen MR) is 82.0 cm³/mol. The molecule has 8 nitrogen and oxygen atoms in total. The average molecular weight is 337 g/mol. The Kier molecular flexibility index (Phi) is 7.41.